The minimum Gasteiger partial charge on any atom is -0.486 e. The van der Waals surface area contributed by atoms with Crippen molar-refractivity contribution in [3.63, 3.8) is 0 Å². The summed E-state index contributed by atoms with van der Waals surface area (Å²) in [5.41, 5.74) is -0.0215. The van der Waals surface area contributed by atoms with Crippen LogP contribution < -0.4 is 4.74 Å². The van der Waals surface area contributed by atoms with Crippen molar-refractivity contribution in [3.8, 4) is 5.75 Å². The molecule has 1 aromatic heterocycles. The number of benzene rings is 1. The van der Waals surface area contributed by atoms with E-state index in [0.29, 0.717) is 11.3 Å². The summed E-state index contributed by atoms with van der Waals surface area (Å²) in [5, 5.41) is 14.6. The molecule has 0 N–H and O–H groups in total. The molecule has 0 unspecified atom stereocenters. The van der Waals surface area contributed by atoms with Crippen LogP contribution in [0.2, 0.25) is 0 Å². The highest BCUT2D eigenvalue weighted by atomic mass is 19.1. The lowest BCUT2D eigenvalue weighted by molar-refractivity contribution is -0.387. The Morgan fingerprint density at radius 1 is 1.50 bits per heavy atom. The molecule has 0 bridgehead atoms. The second-order valence-electron chi connectivity index (χ2n) is 4.58. The third kappa shape index (κ3) is 3.11. The van der Waals surface area contributed by atoms with Gasteiger partial charge in [0.05, 0.1) is 17.3 Å². The summed E-state index contributed by atoms with van der Waals surface area (Å²) in [6, 6.07) is 3.93. The summed E-state index contributed by atoms with van der Waals surface area (Å²) in [4.78, 5) is 9.74. The number of hydrogen-bond acceptors (Lipinski definition) is 4. The number of nitro benzene ring substituents is 1. The van der Waals surface area contributed by atoms with Gasteiger partial charge in [0.15, 0.2) is 5.75 Å². The van der Waals surface area contributed by atoms with Gasteiger partial charge in [-0.3, -0.25) is 14.8 Å². The SMILES string of the molecule is CC(C)n1cc(OCc2ccc([N+](=O)[O-])c(F)c2)cn1. The standard InChI is InChI=1S/C13H14FN3O3/c1-9(2)16-7-11(6-15-16)20-8-10-3-4-13(17(18)19)12(14)5-10/h3-7,9H,8H2,1-2H3. The summed E-state index contributed by atoms with van der Waals surface area (Å²) in [5.74, 6) is -0.300. The molecule has 1 aromatic carbocycles. The van der Waals surface area contributed by atoms with Crippen LogP contribution in [0.5, 0.6) is 5.75 Å². The van der Waals surface area contributed by atoms with Gasteiger partial charge >= 0.3 is 5.69 Å². The van der Waals surface area contributed by atoms with Crippen molar-refractivity contribution in [1.29, 1.82) is 0 Å². The molecule has 0 aliphatic heterocycles. The van der Waals surface area contributed by atoms with Crippen molar-refractivity contribution in [2.75, 3.05) is 0 Å². The van der Waals surface area contributed by atoms with Gasteiger partial charge in [-0.05, 0) is 31.5 Å². The van der Waals surface area contributed by atoms with Gasteiger partial charge in [-0.2, -0.15) is 9.49 Å². The minimum absolute atomic E-state index is 0.124. The first kappa shape index (κ1) is 14.0. The molecular weight excluding hydrogens is 265 g/mol. The van der Waals surface area contributed by atoms with E-state index in [1.807, 2.05) is 13.8 Å². The van der Waals surface area contributed by atoms with E-state index in [9.17, 15) is 14.5 Å². The Balaban J connectivity index is 2.03. The molecule has 6 nitrogen and oxygen atoms in total. The highest BCUT2D eigenvalue weighted by Gasteiger charge is 2.14. The molecular formula is C13H14FN3O3. The van der Waals surface area contributed by atoms with E-state index in [2.05, 4.69) is 5.10 Å². The zero-order valence-corrected chi connectivity index (χ0v) is 11.1. The molecule has 0 saturated carbocycles. The van der Waals surface area contributed by atoms with Gasteiger partial charge in [-0.15, -0.1) is 0 Å². The van der Waals surface area contributed by atoms with Crippen molar-refractivity contribution < 1.29 is 14.1 Å². The fourth-order valence-corrected chi connectivity index (χ4v) is 1.63. The first-order chi connectivity index (χ1) is 9.47. The number of nitrogens with zero attached hydrogens (tertiary/aromatic N) is 3. The number of aromatic nitrogens is 2. The Morgan fingerprint density at radius 3 is 2.80 bits per heavy atom. The molecule has 0 aliphatic carbocycles. The predicted molar refractivity (Wildman–Crippen MR) is 70.0 cm³/mol. The van der Waals surface area contributed by atoms with Crippen molar-refractivity contribution in [2.24, 2.45) is 0 Å². The fourth-order valence-electron chi connectivity index (χ4n) is 1.63. The second kappa shape index (κ2) is 5.68. The number of nitro groups is 1. The number of hydrogen-bond donors (Lipinski definition) is 0. The van der Waals surface area contributed by atoms with Crippen molar-refractivity contribution in [1.82, 2.24) is 9.78 Å². The molecule has 0 atom stereocenters. The normalized spacial score (nSPS) is 10.8. The lowest BCUT2D eigenvalue weighted by atomic mass is 10.2. The zero-order valence-electron chi connectivity index (χ0n) is 11.1. The van der Waals surface area contributed by atoms with E-state index in [1.54, 1.807) is 17.1 Å². The number of ether oxygens (including phenoxy) is 1. The van der Waals surface area contributed by atoms with Gasteiger partial charge in [-0.25, -0.2) is 0 Å². The molecule has 0 fully saturated rings. The molecule has 7 heteroatoms. The van der Waals surface area contributed by atoms with Crippen molar-refractivity contribution in [3.05, 3.63) is 52.1 Å². The monoisotopic (exact) mass is 279 g/mol. The van der Waals surface area contributed by atoms with Crippen molar-refractivity contribution >= 4 is 5.69 Å². The Morgan fingerprint density at radius 2 is 2.25 bits per heavy atom. The summed E-state index contributed by atoms with van der Waals surface area (Å²) < 4.78 is 20.6. The molecule has 0 amide bonds. The Labute approximate surface area is 114 Å². The van der Waals surface area contributed by atoms with Crippen LogP contribution >= 0.6 is 0 Å². The first-order valence-corrected chi connectivity index (χ1v) is 6.07. The predicted octanol–water partition coefficient (Wildman–Crippen LogP) is 3.09. The van der Waals surface area contributed by atoms with Gasteiger partial charge in [-0.1, -0.05) is 0 Å². The Kier molecular flexibility index (Phi) is 3.97. The van der Waals surface area contributed by atoms with E-state index in [0.717, 1.165) is 12.1 Å². The summed E-state index contributed by atoms with van der Waals surface area (Å²) in [6.45, 7) is 4.10. The quantitative estimate of drug-likeness (QED) is 0.623. The highest BCUT2D eigenvalue weighted by Crippen LogP contribution is 2.19. The molecule has 0 spiro atoms. The van der Waals surface area contributed by atoms with Crippen molar-refractivity contribution in [2.45, 2.75) is 26.5 Å². The van der Waals surface area contributed by atoms with Gasteiger partial charge in [0, 0.05) is 12.1 Å². The van der Waals surface area contributed by atoms with Crippen LogP contribution in [0.1, 0.15) is 25.5 Å². The summed E-state index contributed by atoms with van der Waals surface area (Å²) >= 11 is 0. The van der Waals surface area contributed by atoms with Crippen LogP contribution in [-0.4, -0.2) is 14.7 Å². The first-order valence-electron chi connectivity index (χ1n) is 6.07. The smallest absolute Gasteiger partial charge is 0.304 e. The lowest BCUT2D eigenvalue weighted by Crippen LogP contribution is -2.00. The topological polar surface area (TPSA) is 70.2 Å². The summed E-state index contributed by atoms with van der Waals surface area (Å²) in [7, 11) is 0. The molecule has 0 aliphatic rings. The lowest BCUT2D eigenvalue weighted by Gasteiger charge is -2.05. The zero-order chi connectivity index (χ0) is 14.7. The van der Waals surface area contributed by atoms with Crippen LogP contribution in [-0.2, 0) is 6.61 Å². The molecule has 1 heterocycles. The molecule has 2 rings (SSSR count). The maximum Gasteiger partial charge on any atom is 0.304 e. The fraction of sp³-hybridized carbons (Fsp3) is 0.308. The van der Waals surface area contributed by atoms with Gasteiger partial charge < -0.3 is 4.74 Å². The largest absolute Gasteiger partial charge is 0.486 e. The third-order valence-corrected chi connectivity index (χ3v) is 2.72. The molecule has 106 valence electrons. The maximum absolute atomic E-state index is 13.4. The second-order valence-corrected chi connectivity index (χ2v) is 4.58. The Hall–Kier alpha value is -2.44. The van der Waals surface area contributed by atoms with E-state index < -0.39 is 16.4 Å². The number of halogens is 1. The van der Waals surface area contributed by atoms with Crippen LogP contribution in [0.4, 0.5) is 10.1 Å². The van der Waals surface area contributed by atoms with E-state index in [1.165, 1.54) is 6.07 Å². The third-order valence-electron chi connectivity index (χ3n) is 2.72. The van der Waals surface area contributed by atoms with Crippen LogP contribution in [0.3, 0.4) is 0 Å². The average Bonchev–Trinajstić information content (AvgIpc) is 2.85. The Bertz CT molecular complexity index is 625. The van der Waals surface area contributed by atoms with E-state index >= 15 is 0 Å². The molecule has 0 saturated heterocycles. The van der Waals surface area contributed by atoms with Gasteiger partial charge in [0.25, 0.3) is 0 Å². The van der Waals surface area contributed by atoms with Crippen LogP contribution in [0.15, 0.2) is 30.6 Å². The molecule has 0 radical (unpaired) electrons. The van der Waals surface area contributed by atoms with Crippen LogP contribution in [0.25, 0.3) is 0 Å². The van der Waals surface area contributed by atoms with Gasteiger partial charge in [0.2, 0.25) is 5.82 Å². The highest BCUT2D eigenvalue weighted by molar-refractivity contribution is 5.35. The average molecular weight is 279 g/mol. The summed E-state index contributed by atoms with van der Waals surface area (Å²) in [6.07, 6.45) is 3.31. The van der Waals surface area contributed by atoms with Gasteiger partial charge in [0.1, 0.15) is 6.61 Å². The molecule has 20 heavy (non-hydrogen) atoms. The maximum atomic E-state index is 13.4. The van der Waals surface area contributed by atoms with Crippen LogP contribution in [0, 0.1) is 15.9 Å². The number of rotatable bonds is 5. The van der Waals surface area contributed by atoms with E-state index in [-0.39, 0.29) is 12.6 Å². The molecule has 2 aromatic rings. The van der Waals surface area contributed by atoms with E-state index in [4.69, 9.17) is 4.74 Å². The minimum atomic E-state index is -0.867.